The maximum absolute atomic E-state index is 15.3. The molecule has 0 saturated heterocycles. The Morgan fingerprint density at radius 2 is 1.85 bits per heavy atom. The molecule has 10 heteroatoms. The maximum atomic E-state index is 15.3. The van der Waals surface area contributed by atoms with Gasteiger partial charge in [-0.3, -0.25) is 14.6 Å². The van der Waals surface area contributed by atoms with Crippen LogP contribution in [0.15, 0.2) is 54.9 Å². The van der Waals surface area contributed by atoms with E-state index in [4.69, 9.17) is 5.11 Å². The Hall–Kier alpha value is -3.95. The van der Waals surface area contributed by atoms with Crippen LogP contribution in [0.5, 0.6) is 0 Å². The van der Waals surface area contributed by atoms with Gasteiger partial charge in [0.05, 0.1) is 11.5 Å². The van der Waals surface area contributed by atoms with E-state index in [9.17, 15) is 22.8 Å². The molecule has 1 saturated carbocycles. The first-order valence-electron chi connectivity index (χ1n) is 12.6. The molecule has 2 N–H and O–H groups in total. The molecule has 2 aromatic carbocycles. The standard InChI is InChI=1S/C29H29F4N3O3/c1-17-24(8-5-9-25(17)36(2)16-26(37)38)35-28(39)27(18-6-3-4-7-18)19-10-11-22(23(30)13-19)20-12-21(15-34-14-20)29(31,32)33/h5,8-15,18,27H,3-4,6-7,16H2,1-2H3,(H,35,39)(H,37,38). The first-order chi connectivity index (χ1) is 18.5. The summed E-state index contributed by atoms with van der Waals surface area (Å²) in [6.07, 6.45) is 0.721. The number of carbonyl (C=O) groups excluding carboxylic acids is 1. The molecule has 3 aromatic rings. The number of aliphatic carboxylic acids is 1. The van der Waals surface area contributed by atoms with Gasteiger partial charge >= 0.3 is 12.1 Å². The fourth-order valence-corrected chi connectivity index (χ4v) is 5.30. The van der Waals surface area contributed by atoms with Gasteiger partial charge in [-0.15, -0.1) is 0 Å². The van der Waals surface area contributed by atoms with Crippen molar-refractivity contribution >= 4 is 23.3 Å². The molecule has 1 aromatic heterocycles. The quantitative estimate of drug-likeness (QED) is 0.311. The number of nitrogens with one attached hydrogen (secondary N) is 1. The highest BCUT2D eigenvalue weighted by atomic mass is 19.4. The highest BCUT2D eigenvalue weighted by Crippen LogP contribution is 2.40. The lowest BCUT2D eigenvalue weighted by atomic mass is 9.83. The molecule has 1 heterocycles. The summed E-state index contributed by atoms with van der Waals surface area (Å²) in [5, 5.41) is 12.1. The molecule has 6 nitrogen and oxygen atoms in total. The minimum Gasteiger partial charge on any atom is -0.480 e. The van der Waals surface area contributed by atoms with Crippen molar-refractivity contribution in [1.82, 2.24) is 4.98 Å². The summed E-state index contributed by atoms with van der Waals surface area (Å²) in [5.41, 5.74) is 1.29. The topological polar surface area (TPSA) is 82.5 Å². The second kappa shape index (κ2) is 11.4. The monoisotopic (exact) mass is 543 g/mol. The Labute approximate surface area is 223 Å². The molecular weight excluding hydrogens is 514 g/mol. The average molecular weight is 544 g/mol. The number of nitrogens with zero attached hydrogens (tertiary/aromatic N) is 2. The first-order valence-corrected chi connectivity index (χ1v) is 12.6. The second-order valence-corrected chi connectivity index (χ2v) is 9.91. The van der Waals surface area contributed by atoms with Crippen molar-refractivity contribution in [3.05, 3.63) is 77.4 Å². The smallest absolute Gasteiger partial charge is 0.417 e. The van der Waals surface area contributed by atoms with Gasteiger partial charge in [-0.1, -0.05) is 31.0 Å². The van der Waals surface area contributed by atoms with Crippen LogP contribution >= 0.6 is 0 Å². The van der Waals surface area contributed by atoms with Gasteiger partial charge < -0.3 is 15.3 Å². The van der Waals surface area contributed by atoms with Gasteiger partial charge in [0.25, 0.3) is 0 Å². The van der Waals surface area contributed by atoms with Crippen molar-refractivity contribution in [2.75, 3.05) is 23.8 Å². The Kier molecular flexibility index (Phi) is 8.22. The molecule has 1 unspecified atom stereocenters. The Balaban J connectivity index is 1.64. The zero-order valence-corrected chi connectivity index (χ0v) is 21.6. The number of hydrogen-bond acceptors (Lipinski definition) is 4. The summed E-state index contributed by atoms with van der Waals surface area (Å²) >= 11 is 0. The molecule has 1 atom stereocenters. The summed E-state index contributed by atoms with van der Waals surface area (Å²) in [6.45, 7) is 1.57. The Morgan fingerprint density at radius 1 is 1.13 bits per heavy atom. The Bertz CT molecular complexity index is 1370. The number of likely N-dealkylation sites (N-methyl/N-ethyl adjacent to an activating group) is 1. The van der Waals surface area contributed by atoms with Crippen LogP contribution in [-0.2, 0) is 15.8 Å². The van der Waals surface area contributed by atoms with Crippen LogP contribution in [0, 0.1) is 18.7 Å². The number of carboxylic acid groups (broad SMARTS) is 1. The zero-order chi connectivity index (χ0) is 28.3. The highest BCUT2D eigenvalue weighted by Gasteiger charge is 2.34. The minimum absolute atomic E-state index is 0.00587. The van der Waals surface area contributed by atoms with Crippen molar-refractivity contribution in [3.63, 3.8) is 0 Å². The van der Waals surface area contributed by atoms with Gasteiger partial charge in [0, 0.05) is 41.9 Å². The summed E-state index contributed by atoms with van der Waals surface area (Å²) < 4.78 is 54.7. The van der Waals surface area contributed by atoms with Crippen molar-refractivity contribution < 1.29 is 32.3 Å². The highest BCUT2D eigenvalue weighted by molar-refractivity contribution is 5.97. The number of pyridine rings is 1. The lowest BCUT2D eigenvalue weighted by Crippen LogP contribution is -2.28. The van der Waals surface area contributed by atoms with Crippen LogP contribution in [-0.4, -0.2) is 35.6 Å². The molecule has 206 valence electrons. The van der Waals surface area contributed by atoms with E-state index in [1.165, 1.54) is 18.3 Å². The SMILES string of the molecule is Cc1c(NC(=O)C(c2ccc(-c3cncc(C(F)(F)F)c3)c(F)c2)C2CCCC2)cccc1N(C)CC(=O)O. The molecule has 0 bridgehead atoms. The number of anilines is 2. The van der Waals surface area contributed by atoms with E-state index in [0.29, 0.717) is 28.7 Å². The predicted octanol–water partition coefficient (Wildman–Crippen LogP) is 6.65. The summed E-state index contributed by atoms with van der Waals surface area (Å²) in [4.78, 5) is 30.0. The van der Waals surface area contributed by atoms with Gasteiger partial charge in [-0.25, -0.2) is 4.39 Å². The normalized spacial score (nSPS) is 14.7. The van der Waals surface area contributed by atoms with Crippen LogP contribution < -0.4 is 10.2 Å². The van der Waals surface area contributed by atoms with Gasteiger partial charge in [0.1, 0.15) is 12.4 Å². The second-order valence-electron chi connectivity index (χ2n) is 9.91. The fourth-order valence-electron chi connectivity index (χ4n) is 5.30. The molecular formula is C29H29F4N3O3. The number of aromatic nitrogens is 1. The van der Waals surface area contributed by atoms with Gasteiger partial charge in [-0.05, 0) is 61.1 Å². The molecule has 4 rings (SSSR count). The zero-order valence-electron chi connectivity index (χ0n) is 21.6. The van der Waals surface area contributed by atoms with Crippen LogP contribution in [0.2, 0.25) is 0 Å². The summed E-state index contributed by atoms with van der Waals surface area (Å²) in [5.74, 6) is -2.74. The summed E-state index contributed by atoms with van der Waals surface area (Å²) in [6, 6.07) is 10.3. The number of carboxylic acids is 1. The van der Waals surface area contributed by atoms with Crippen molar-refractivity contribution in [2.45, 2.75) is 44.7 Å². The van der Waals surface area contributed by atoms with Gasteiger partial charge in [0.15, 0.2) is 0 Å². The molecule has 0 aliphatic heterocycles. The Morgan fingerprint density at radius 3 is 2.49 bits per heavy atom. The third-order valence-electron chi connectivity index (χ3n) is 7.23. The fraction of sp³-hybridized carbons (Fsp3) is 0.345. The van der Waals surface area contributed by atoms with E-state index in [1.54, 1.807) is 43.1 Å². The molecule has 39 heavy (non-hydrogen) atoms. The van der Waals surface area contributed by atoms with Crippen LogP contribution in [0.1, 0.15) is 48.3 Å². The third kappa shape index (κ3) is 6.38. The molecule has 0 spiro atoms. The van der Waals surface area contributed by atoms with Gasteiger partial charge in [-0.2, -0.15) is 13.2 Å². The number of benzene rings is 2. The van der Waals surface area contributed by atoms with E-state index in [0.717, 1.165) is 31.7 Å². The molecule has 1 aliphatic carbocycles. The van der Waals surface area contributed by atoms with Crippen LogP contribution in [0.4, 0.5) is 28.9 Å². The first kappa shape index (κ1) is 28.1. The number of rotatable bonds is 8. The van der Waals surface area contributed by atoms with Gasteiger partial charge in [0.2, 0.25) is 5.91 Å². The predicted molar refractivity (Wildman–Crippen MR) is 140 cm³/mol. The third-order valence-corrected chi connectivity index (χ3v) is 7.23. The van der Waals surface area contributed by atoms with Crippen molar-refractivity contribution in [1.29, 1.82) is 0 Å². The molecule has 0 radical (unpaired) electrons. The summed E-state index contributed by atoms with van der Waals surface area (Å²) in [7, 11) is 1.65. The molecule has 1 fully saturated rings. The van der Waals surface area contributed by atoms with E-state index in [1.807, 2.05) is 0 Å². The van der Waals surface area contributed by atoms with E-state index < -0.39 is 29.4 Å². The minimum atomic E-state index is -4.61. The van der Waals surface area contributed by atoms with E-state index in [-0.39, 0.29) is 29.5 Å². The number of amides is 1. The lowest BCUT2D eigenvalue weighted by Gasteiger charge is -2.25. The van der Waals surface area contributed by atoms with E-state index in [2.05, 4.69) is 10.3 Å². The number of alkyl halides is 3. The lowest BCUT2D eigenvalue weighted by molar-refractivity contribution is -0.138. The van der Waals surface area contributed by atoms with Crippen molar-refractivity contribution in [2.24, 2.45) is 5.92 Å². The number of halogens is 4. The molecule has 1 aliphatic rings. The van der Waals surface area contributed by atoms with Crippen molar-refractivity contribution in [3.8, 4) is 11.1 Å². The number of hydrogen-bond donors (Lipinski definition) is 2. The average Bonchev–Trinajstić information content (AvgIpc) is 3.39. The number of carbonyl (C=O) groups is 2. The molecule has 1 amide bonds. The van der Waals surface area contributed by atoms with Crippen LogP contribution in [0.25, 0.3) is 11.1 Å². The maximum Gasteiger partial charge on any atom is 0.417 e. The van der Waals surface area contributed by atoms with E-state index >= 15 is 4.39 Å². The largest absolute Gasteiger partial charge is 0.480 e. The van der Waals surface area contributed by atoms with Crippen LogP contribution in [0.3, 0.4) is 0 Å².